The number of carboxylic acid groups (broad SMARTS) is 1. The first kappa shape index (κ1) is 19.7. The van der Waals surface area contributed by atoms with Crippen molar-refractivity contribution in [3.05, 3.63) is 29.5 Å². The van der Waals surface area contributed by atoms with Crippen LogP contribution in [0.25, 0.3) is 11.3 Å². The minimum absolute atomic E-state index is 0. The maximum Gasteiger partial charge on any atom is 1.00 e. The Morgan fingerprint density at radius 1 is 1.36 bits per heavy atom. The number of aromatic nitrogens is 3. The van der Waals surface area contributed by atoms with Gasteiger partial charge in [-0.25, -0.2) is 0 Å². The van der Waals surface area contributed by atoms with E-state index in [0.717, 1.165) is 0 Å². The van der Waals surface area contributed by atoms with Crippen molar-refractivity contribution >= 4 is 12.7 Å². The number of carbonyl (C=O) groups excluding carboxylic acids is 1. The van der Waals surface area contributed by atoms with Gasteiger partial charge >= 0.3 is 65.9 Å². The third-order valence-electron chi connectivity index (χ3n) is 3.23. The molecule has 1 aromatic heterocycles. The topological polar surface area (TPSA) is 131 Å². The Bertz CT molecular complexity index is 681. The third kappa shape index (κ3) is 3.74. The van der Waals surface area contributed by atoms with Crippen molar-refractivity contribution in [1.29, 1.82) is 0 Å². The van der Waals surface area contributed by atoms with Crippen molar-refractivity contribution in [2.24, 2.45) is 0 Å². The van der Waals surface area contributed by atoms with Gasteiger partial charge in [0.05, 0.1) is 17.9 Å². The second-order valence-corrected chi connectivity index (χ2v) is 4.63. The van der Waals surface area contributed by atoms with Gasteiger partial charge < -0.3 is 24.6 Å². The summed E-state index contributed by atoms with van der Waals surface area (Å²) >= 11 is 0. The molecule has 0 fully saturated rings. The molecule has 0 bridgehead atoms. The van der Waals surface area contributed by atoms with E-state index in [4.69, 9.17) is 4.65 Å². The molecule has 0 amide bonds. The van der Waals surface area contributed by atoms with E-state index in [1.165, 1.54) is 6.20 Å². The van der Waals surface area contributed by atoms with E-state index in [-0.39, 0.29) is 82.3 Å². The molecule has 2 aromatic rings. The number of H-pyrrole nitrogens is 1. The summed E-state index contributed by atoms with van der Waals surface area (Å²) in [5, 5.41) is 40.4. The molecule has 0 unspecified atom stereocenters. The average Bonchev–Trinajstić information content (AvgIpc) is 2.89. The van der Waals surface area contributed by atoms with Crippen molar-refractivity contribution in [2.45, 2.75) is 12.7 Å². The molecule has 8 nitrogen and oxygen atoms in total. The van der Waals surface area contributed by atoms with Crippen LogP contribution in [0, 0.1) is 0 Å². The number of fused-ring (bicyclic) bond motifs is 1. The Hall–Kier alpha value is -0.385. The first-order valence-electron chi connectivity index (χ1n) is 6.00. The molecule has 0 radical (unpaired) electrons. The molecule has 104 valence electrons. The van der Waals surface area contributed by atoms with Crippen LogP contribution in [0.5, 0.6) is 5.75 Å². The first-order valence-corrected chi connectivity index (χ1v) is 6.00. The molecule has 2 heterocycles. The van der Waals surface area contributed by atoms with E-state index in [0.29, 0.717) is 17.7 Å². The standard InChI is InChI=1S/C11H11BN3O5.2Na/c16-11(17)9-7(8-5-13-15-14-8)2-1-6-3-4-12(18,19)20-10(6)9;;/h1-2,5,18-19H,3-4H2,(H,16,17)(H,13,14,15);;/q-1;2*+1/p-1. The number of carbonyl (C=O) groups is 1. The minimum Gasteiger partial charge on any atom is -0.669 e. The number of aromatic amines is 1. The predicted octanol–water partition coefficient (Wildman–Crippen LogP) is -7.30. The number of carboxylic acids is 1. The SMILES string of the molecule is O=C([O-])c1c(-c2cn[nH]n2)ccc2c1O[B-](O)(O)CC2.[Na+].[Na+]. The van der Waals surface area contributed by atoms with Crippen molar-refractivity contribution in [3.63, 3.8) is 0 Å². The van der Waals surface area contributed by atoms with Gasteiger partial charge in [-0.2, -0.15) is 15.4 Å². The van der Waals surface area contributed by atoms with Crippen molar-refractivity contribution < 1.29 is 83.7 Å². The maximum atomic E-state index is 11.4. The largest absolute Gasteiger partial charge is 1.00 e. The van der Waals surface area contributed by atoms with E-state index < -0.39 is 12.7 Å². The monoisotopic (exact) mass is 321 g/mol. The Balaban J connectivity index is 0.00000121. The zero-order valence-electron chi connectivity index (χ0n) is 12.2. The summed E-state index contributed by atoms with van der Waals surface area (Å²) in [5.41, 5.74) is 0.864. The first-order chi connectivity index (χ1) is 9.48. The van der Waals surface area contributed by atoms with Crippen molar-refractivity contribution in [2.75, 3.05) is 0 Å². The molecular formula is C11H10BN3Na2O5. The molecule has 1 aliphatic heterocycles. The zero-order chi connectivity index (χ0) is 14.3. The van der Waals surface area contributed by atoms with Crippen LogP contribution >= 0.6 is 0 Å². The minimum atomic E-state index is -3.05. The number of benzene rings is 1. The molecule has 1 aromatic carbocycles. The number of aromatic carboxylic acids is 1. The van der Waals surface area contributed by atoms with Crippen LogP contribution in [-0.2, 0) is 6.42 Å². The van der Waals surface area contributed by atoms with Crippen molar-refractivity contribution in [3.8, 4) is 17.0 Å². The van der Waals surface area contributed by atoms with Gasteiger partial charge in [0, 0.05) is 11.1 Å². The van der Waals surface area contributed by atoms with Crippen LogP contribution < -0.4 is 68.9 Å². The second kappa shape index (κ2) is 7.46. The molecular weight excluding hydrogens is 311 g/mol. The summed E-state index contributed by atoms with van der Waals surface area (Å²) in [6, 6.07) is 3.23. The molecule has 0 saturated carbocycles. The summed E-state index contributed by atoms with van der Waals surface area (Å²) in [5.74, 6) is -1.56. The van der Waals surface area contributed by atoms with E-state index >= 15 is 0 Å². The number of nitrogens with one attached hydrogen (secondary N) is 1. The quantitative estimate of drug-likeness (QED) is 0.468. The van der Waals surface area contributed by atoms with Gasteiger partial charge in [0.1, 0.15) is 5.69 Å². The van der Waals surface area contributed by atoms with Crippen LogP contribution in [-0.4, -0.2) is 38.2 Å². The average molecular weight is 321 g/mol. The summed E-state index contributed by atoms with van der Waals surface area (Å²) in [4.78, 5) is 11.4. The number of nitrogens with zero attached hydrogens (tertiary/aromatic N) is 2. The summed E-state index contributed by atoms with van der Waals surface area (Å²) in [7, 11) is 0. The Labute approximate surface area is 169 Å². The molecule has 22 heavy (non-hydrogen) atoms. The summed E-state index contributed by atoms with van der Waals surface area (Å²) in [6.07, 6.45) is 1.68. The van der Waals surface area contributed by atoms with Gasteiger partial charge in [0.2, 0.25) is 0 Å². The number of hydrogen-bond acceptors (Lipinski definition) is 7. The van der Waals surface area contributed by atoms with Crippen LogP contribution in [0.15, 0.2) is 18.3 Å². The van der Waals surface area contributed by atoms with E-state index in [1.807, 2.05) is 0 Å². The Kier molecular flexibility index (Phi) is 6.66. The second-order valence-electron chi connectivity index (χ2n) is 4.63. The fourth-order valence-corrected chi connectivity index (χ4v) is 2.30. The third-order valence-corrected chi connectivity index (χ3v) is 3.23. The zero-order valence-corrected chi connectivity index (χ0v) is 16.2. The van der Waals surface area contributed by atoms with Gasteiger partial charge in [-0.05, 0) is 12.0 Å². The number of aryl methyl sites for hydroxylation is 1. The number of hydrogen-bond donors (Lipinski definition) is 3. The summed E-state index contributed by atoms with van der Waals surface area (Å²) in [6.45, 7) is -3.05. The maximum absolute atomic E-state index is 11.4. The van der Waals surface area contributed by atoms with Gasteiger partial charge in [-0.3, -0.25) is 0 Å². The van der Waals surface area contributed by atoms with Gasteiger partial charge in [-0.15, -0.1) is 0 Å². The molecule has 0 spiro atoms. The van der Waals surface area contributed by atoms with Crippen LogP contribution in [0.1, 0.15) is 15.9 Å². The van der Waals surface area contributed by atoms with Gasteiger partial charge in [0.25, 0.3) is 0 Å². The Morgan fingerprint density at radius 2 is 2.09 bits per heavy atom. The smallest absolute Gasteiger partial charge is 0.669 e. The molecule has 3 rings (SSSR count). The van der Waals surface area contributed by atoms with Crippen molar-refractivity contribution in [1.82, 2.24) is 15.4 Å². The molecule has 0 aliphatic carbocycles. The van der Waals surface area contributed by atoms with E-state index in [9.17, 15) is 19.9 Å². The fourth-order valence-electron chi connectivity index (χ4n) is 2.30. The normalized spacial score (nSPS) is 14.8. The fraction of sp³-hybridized carbons (Fsp3) is 0.182. The molecule has 0 atom stereocenters. The van der Waals surface area contributed by atoms with Gasteiger partial charge in [-0.1, -0.05) is 18.5 Å². The van der Waals surface area contributed by atoms with Gasteiger partial charge in [0.15, 0.2) is 0 Å². The molecule has 11 heteroatoms. The summed E-state index contributed by atoms with van der Waals surface area (Å²) < 4.78 is 5.04. The molecule has 3 N–H and O–H groups in total. The van der Waals surface area contributed by atoms with Crippen LogP contribution in [0.3, 0.4) is 0 Å². The Morgan fingerprint density at radius 3 is 2.68 bits per heavy atom. The number of rotatable bonds is 2. The van der Waals surface area contributed by atoms with Crippen LogP contribution in [0.4, 0.5) is 0 Å². The van der Waals surface area contributed by atoms with E-state index in [2.05, 4.69) is 15.4 Å². The predicted molar refractivity (Wildman–Crippen MR) is 65.5 cm³/mol. The van der Waals surface area contributed by atoms with E-state index in [1.54, 1.807) is 12.1 Å². The molecule has 0 saturated heterocycles. The van der Waals surface area contributed by atoms with Crippen LogP contribution in [0.2, 0.25) is 6.32 Å². The molecule has 1 aliphatic rings.